The molecular formula is C26H21Cl4FN3O2+. The zero-order valence-corrected chi connectivity index (χ0v) is 21.8. The molecule has 0 bridgehead atoms. The highest BCUT2D eigenvalue weighted by Crippen LogP contribution is 2.31. The minimum absolute atomic E-state index is 0.0813. The van der Waals surface area contributed by atoms with Gasteiger partial charge in [-0.2, -0.15) is 0 Å². The molecule has 0 saturated carbocycles. The van der Waals surface area contributed by atoms with Crippen LogP contribution in [0.3, 0.4) is 0 Å². The predicted octanol–water partition coefficient (Wildman–Crippen LogP) is 7.13. The van der Waals surface area contributed by atoms with Crippen molar-refractivity contribution in [2.24, 2.45) is 0 Å². The lowest BCUT2D eigenvalue weighted by Gasteiger charge is -2.19. The second-order valence-electron chi connectivity index (χ2n) is 8.04. The second kappa shape index (κ2) is 12.1. The number of ether oxygens (including phenoxy) is 1. The molecule has 186 valence electrons. The first-order chi connectivity index (χ1) is 17.3. The SMILES string of the molecule is O=C(C[n+]1ccn(CC(OCc2ccc(Cl)cc2Cl)c2ccc(Cl)cc2Cl)c1)Nc1ccc(F)cc1. The van der Waals surface area contributed by atoms with Crippen LogP contribution in [0.2, 0.25) is 20.1 Å². The molecule has 1 N–H and O–H groups in total. The van der Waals surface area contributed by atoms with E-state index in [2.05, 4.69) is 5.32 Å². The van der Waals surface area contributed by atoms with Gasteiger partial charge in [-0.15, -0.1) is 0 Å². The van der Waals surface area contributed by atoms with E-state index in [-0.39, 0.29) is 24.9 Å². The maximum Gasteiger partial charge on any atom is 0.266 e. The first-order valence-electron chi connectivity index (χ1n) is 10.9. The number of benzene rings is 3. The van der Waals surface area contributed by atoms with E-state index < -0.39 is 6.10 Å². The third kappa shape index (κ3) is 7.21. The van der Waals surface area contributed by atoms with E-state index >= 15 is 0 Å². The smallest absolute Gasteiger partial charge is 0.266 e. The summed E-state index contributed by atoms with van der Waals surface area (Å²) in [5.41, 5.74) is 2.07. The molecule has 0 radical (unpaired) electrons. The van der Waals surface area contributed by atoms with Crippen molar-refractivity contribution in [3.63, 3.8) is 0 Å². The number of carbonyl (C=O) groups is 1. The van der Waals surface area contributed by atoms with E-state index in [4.69, 9.17) is 51.1 Å². The highest BCUT2D eigenvalue weighted by Gasteiger charge is 2.21. The van der Waals surface area contributed by atoms with Crippen LogP contribution in [0, 0.1) is 5.82 Å². The number of aromatic nitrogens is 2. The Balaban J connectivity index is 1.46. The fourth-order valence-corrected chi connectivity index (χ4v) is 4.56. The van der Waals surface area contributed by atoms with Crippen LogP contribution >= 0.6 is 46.4 Å². The van der Waals surface area contributed by atoms with Crippen LogP contribution < -0.4 is 9.88 Å². The van der Waals surface area contributed by atoms with E-state index in [9.17, 15) is 9.18 Å². The number of imidazole rings is 1. The van der Waals surface area contributed by atoms with Crippen molar-refractivity contribution in [2.45, 2.75) is 25.8 Å². The zero-order chi connectivity index (χ0) is 25.7. The summed E-state index contributed by atoms with van der Waals surface area (Å²) in [6.45, 7) is 0.734. The van der Waals surface area contributed by atoms with Gasteiger partial charge in [0.2, 0.25) is 6.33 Å². The average molecular weight is 568 g/mol. The Morgan fingerprint density at radius 1 is 0.972 bits per heavy atom. The van der Waals surface area contributed by atoms with Gasteiger partial charge in [-0.3, -0.25) is 4.79 Å². The standard InChI is InChI=1S/C26H20Cl4FN3O2/c27-18-2-1-17(23(29)11-18)15-36-25(22-8-3-19(28)12-24(22)30)13-33-9-10-34(16-33)14-26(35)32-21-6-4-20(31)5-7-21/h1-12,16,25H,13-15H2/p+1. The Morgan fingerprint density at radius 2 is 1.67 bits per heavy atom. The van der Waals surface area contributed by atoms with Crippen LogP contribution in [0.15, 0.2) is 79.4 Å². The maximum atomic E-state index is 13.1. The number of hydrogen-bond donors (Lipinski definition) is 1. The third-order valence-electron chi connectivity index (χ3n) is 5.34. The molecule has 4 aromatic rings. The molecule has 0 spiro atoms. The van der Waals surface area contributed by atoms with Gasteiger partial charge in [-0.25, -0.2) is 13.5 Å². The van der Waals surface area contributed by atoms with Crippen LogP contribution in [0.4, 0.5) is 10.1 Å². The molecule has 1 amide bonds. The van der Waals surface area contributed by atoms with Crippen LogP contribution in [0.1, 0.15) is 17.2 Å². The van der Waals surface area contributed by atoms with Gasteiger partial charge in [0.15, 0.2) is 6.54 Å². The molecule has 1 unspecified atom stereocenters. The molecule has 1 heterocycles. The van der Waals surface area contributed by atoms with Crippen molar-refractivity contribution in [2.75, 3.05) is 5.32 Å². The highest BCUT2D eigenvalue weighted by molar-refractivity contribution is 6.35. The van der Waals surface area contributed by atoms with Crippen molar-refractivity contribution < 1.29 is 18.5 Å². The molecule has 0 saturated heterocycles. The minimum atomic E-state index is -0.435. The number of anilines is 1. The fourth-order valence-electron chi connectivity index (χ4n) is 3.56. The van der Waals surface area contributed by atoms with Crippen LogP contribution in [-0.4, -0.2) is 10.5 Å². The van der Waals surface area contributed by atoms with Crippen LogP contribution in [0.5, 0.6) is 0 Å². The quantitative estimate of drug-likeness (QED) is 0.219. The number of nitrogens with zero attached hydrogens (tertiary/aromatic N) is 2. The lowest BCUT2D eigenvalue weighted by Crippen LogP contribution is -2.38. The van der Waals surface area contributed by atoms with Crippen molar-refractivity contribution in [1.82, 2.24) is 4.57 Å². The van der Waals surface area contributed by atoms with Gasteiger partial charge >= 0.3 is 0 Å². The topological polar surface area (TPSA) is 47.1 Å². The number of rotatable bonds is 9. The second-order valence-corrected chi connectivity index (χ2v) is 9.73. The first-order valence-corrected chi connectivity index (χ1v) is 12.4. The Labute approximate surface area is 227 Å². The molecule has 36 heavy (non-hydrogen) atoms. The zero-order valence-electron chi connectivity index (χ0n) is 18.8. The summed E-state index contributed by atoms with van der Waals surface area (Å²) in [7, 11) is 0. The predicted molar refractivity (Wildman–Crippen MR) is 140 cm³/mol. The molecule has 10 heteroatoms. The van der Waals surface area contributed by atoms with Gasteiger partial charge < -0.3 is 10.1 Å². The summed E-state index contributed by atoms with van der Waals surface area (Å²) in [6.07, 6.45) is 4.97. The van der Waals surface area contributed by atoms with E-state index in [0.717, 1.165) is 11.1 Å². The lowest BCUT2D eigenvalue weighted by molar-refractivity contribution is -0.683. The van der Waals surface area contributed by atoms with Crippen molar-refractivity contribution in [1.29, 1.82) is 0 Å². The van der Waals surface area contributed by atoms with E-state index in [0.29, 0.717) is 32.3 Å². The Bertz CT molecular complexity index is 1360. The molecule has 3 aromatic carbocycles. The number of hydrogen-bond acceptors (Lipinski definition) is 2. The minimum Gasteiger partial charge on any atom is -0.365 e. The molecule has 0 fully saturated rings. The van der Waals surface area contributed by atoms with Gasteiger partial charge in [0, 0.05) is 31.3 Å². The number of halogens is 5. The lowest BCUT2D eigenvalue weighted by atomic mass is 10.1. The van der Waals surface area contributed by atoms with Crippen molar-refractivity contribution in [3.8, 4) is 0 Å². The van der Waals surface area contributed by atoms with E-state index in [1.54, 1.807) is 41.4 Å². The molecule has 0 aliphatic heterocycles. The molecule has 4 rings (SSSR count). The molecule has 1 atom stereocenters. The molecule has 5 nitrogen and oxygen atoms in total. The van der Waals surface area contributed by atoms with Gasteiger partial charge in [0.1, 0.15) is 30.9 Å². The normalized spacial score (nSPS) is 11.9. The maximum absolute atomic E-state index is 13.1. The number of amides is 1. The first kappa shape index (κ1) is 26.5. The highest BCUT2D eigenvalue weighted by atomic mass is 35.5. The summed E-state index contributed by atoms with van der Waals surface area (Å²) in [5, 5.41) is 4.80. The molecular weight excluding hydrogens is 547 g/mol. The summed E-state index contributed by atoms with van der Waals surface area (Å²) in [6, 6.07) is 16.1. The molecule has 0 aliphatic rings. The number of carbonyl (C=O) groups excluding carboxylic acids is 1. The van der Waals surface area contributed by atoms with Gasteiger partial charge in [0.05, 0.1) is 6.61 Å². The van der Waals surface area contributed by atoms with E-state index in [1.807, 2.05) is 22.9 Å². The largest absolute Gasteiger partial charge is 0.365 e. The van der Waals surface area contributed by atoms with Crippen LogP contribution in [-0.2, 0) is 29.2 Å². The third-order valence-corrected chi connectivity index (χ3v) is 6.49. The fraction of sp³-hybridized carbons (Fsp3) is 0.154. The Morgan fingerprint density at radius 3 is 2.36 bits per heavy atom. The Kier molecular flexibility index (Phi) is 8.88. The van der Waals surface area contributed by atoms with Gasteiger partial charge in [-0.05, 0) is 54.1 Å². The van der Waals surface area contributed by atoms with Crippen molar-refractivity contribution in [3.05, 3.63) is 116 Å². The summed E-state index contributed by atoms with van der Waals surface area (Å²) < 4.78 is 22.9. The summed E-state index contributed by atoms with van der Waals surface area (Å²) in [4.78, 5) is 12.4. The number of nitrogens with one attached hydrogen (secondary N) is 1. The average Bonchev–Trinajstić information content (AvgIpc) is 3.26. The van der Waals surface area contributed by atoms with Crippen molar-refractivity contribution >= 4 is 58.0 Å². The summed E-state index contributed by atoms with van der Waals surface area (Å²) >= 11 is 24.9. The Hall–Kier alpha value is -2.61. The summed E-state index contributed by atoms with van der Waals surface area (Å²) in [5.74, 6) is -0.606. The molecule has 1 aromatic heterocycles. The molecule has 0 aliphatic carbocycles. The van der Waals surface area contributed by atoms with E-state index in [1.165, 1.54) is 24.3 Å². The monoisotopic (exact) mass is 566 g/mol. The van der Waals surface area contributed by atoms with Crippen LogP contribution in [0.25, 0.3) is 0 Å². The van der Waals surface area contributed by atoms with Gasteiger partial charge in [-0.1, -0.05) is 58.5 Å². The van der Waals surface area contributed by atoms with Gasteiger partial charge in [0.25, 0.3) is 5.91 Å².